The summed E-state index contributed by atoms with van der Waals surface area (Å²) in [6, 6.07) is 9.33. The van der Waals surface area contributed by atoms with Crippen molar-refractivity contribution >= 4 is 17.0 Å². The van der Waals surface area contributed by atoms with Gasteiger partial charge in [-0.1, -0.05) is 12.1 Å². The molecular weight excluding hydrogens is 262 g/mol. The number of thiophene rings is 1. The van der Waals surface area contributed by atoms with Crippen LogP contribution in [0.2, 0.25) is 0 Å². The monoisotopic (exact) mass is 285 g/mol. The molecule has 0 saturated carbocycles. The van der Waals surface area contributed by atoms with Gasteiger partial charge in [-0.25, -0.2) is 0 Å². The zero-order valence-electron chi connectivity index (χ0n) is 12.6. The Labute approximate surface area is 126 Å². The van der Waals surface area contributed by atoms with Crippen LogP contribution in [0.5, 0.6) is 0 Å². The molecule has 3 rings (SSSR count). The molecule has 1 unspecified atom stereocenters. The smallest absolute Gasteiger partial charge is 0.0578 e. The Kier molecular flexibility index (Phi) is 3.84. The van der Waals surface area contributed by atoms with Crippen LogP contribution in [0.3, 0.4) is 0 Å². The largest absolute Gasteiger partial charge is 0.377 e. The maximum atomic E-state index is 3.69. The van der Waals surface area contributed by atoms with Crippen LogP contribution >= 0.6 is 11.3 Å². The Balaban J connectivity index is 1.80. The van der Waals surface area contributed by atoms with E-state index in [4.69, 9.17) is 0 Å². The van der Waals surface area contributed by atoms with Gasteiger partial charge in [-0.15, -0.1) is 11.3 Å². The molecule has 0 bridgehead atoms. The fraction of sp³-hybridized carbons (Fsp3) is 0.444. The van der Waals surface area contributed by atoms with E-state index >= 15 is 0 Å². The second-order valence-corrected chi connectivity index (χ2v) is 7.09. The van der Waals surface area contributed by atoms with Crippen molar-refractivity contribution in [1.82, 2.24) is 0 Å². The van der Waals surface area contributed by atoms with E-state index < -0.39 is 0 Å². The molecule has 0 radical (unpaired) electrons. The maximum Gasteiger partial charge on any atom is 0.0578 e. The molecule has 106 valence electrons. The van der Waals surface area contributed by atoms with Crippen LogP contribution in [0.1, 0.15) is 52.3 Å². The van der Waals surface area contributed by atoms with Crippen LogP contribution in [0.4, 0.5) is 5.69 Å². The number of aryl methyl sites for hydroxylation is 3. The lowest BCUT2D eigenvalue weighted by molar-refractivity contribution is 0.696. The van der Waals surface area contributed by atoms with Crippen molar-refractivity contribution in [2.75, 3.05) is 5.32 Å². The van der Waals surface area contributed by atoms with E-state index in [0.29, 0.717) is 6.04 Å². The standard InChI is InChI=1S/C18H23NS/c1-12-7-6-9-16(13(12)2)19-14(3)18-11-15-8-4-5-10-17(15)20-18/h6-7,9,11,14,19H,4-5,8,10H2,1-3H3. The lowest BCUT2D eigenvalue weighted by Gasteiger charge is -2.17. The summed E-state index contributed by atoms with van der Waals surface area (Å²) >= 11 is 2.01. The zero-order chi connectivity index (χ0) is 14.1. The molecule has 0 fully saturated rings. The highest BCUT2D eigenvalue weighted by atomic mass is 32.1. The highest BCUT2D eigenvalue weighted by Gasteiger charge is 2.17. The van der Waals surface area contributed by atoms with Crippen LogP contribution in [-0.2, 0) is 12.8 Å². The molecule has 0 spiro atoms. The van der Waals surface area contributed by atoms with Gasteiger partial charge in [0, 0.05) is 15.4 Å². The Bertz CT molecular complexity index is 588. The minimum absolute atomic E-state index is 0.395. The van der Waals surface area contributed by atoms with E-state index in [1.807, 2.05) is 11.3 Å². The summed E-state index contributed by atoms with van der Waals surface area (Å²) in [5.41, 5.74) is 5.59. The second-order valence-electron chi connectivity index (χ2n) is 5.92. The van der Waals surface area contributed by atoms with E-state index in [-0.39, 0.29) is 0 Å². The molecule has 1 N–H and O–H groups in total. The lowest BCUT2D eigenvalue weighted by Crippen LogP contribution is -2.06. The van der Waals surface area contributed by atoms with Gasteiger partial charge < -0.3 is 5.32 Å². The summed E-state index contributed by atoms with van der Waals surface area (Å²) in [5.74, 6) is 0. The first-order valence-electron chi connectivity index (χ1n) is 7.59. The molecule has 0 aliphatic heterocycles. The summed E-state index contributed by atoms with van der Waals surface area (Å²) in [6.07, 6.45) is 5.30. The van der Waals surface area contributed by atoms with Gasteiger partial charge in [-0.2, -0.15) is 0 Å². The predicted molar refractivity (Wildman–Crippen MR) is 88.9 cm³/mol. The van der Waals surface area contributed by atoms with Crippen LogP contribution < -0.4 is 5.32 Å². The number of benzene rings is 1. The highest BCUT2D eigenvalue weighted by molar-refractivity contribution is 7.12. The molecule has 1 nitrogen and oxygen atoms in total. The van der Waals surface area contributed by atoms with Crippen LogP contribution in [0.15, 0.2) is 24.3 Å². The average Bonchev–Trinajstić information content (AvgIpc) is 2.88. The van der Waals surface area contributed by atoms with Gasteiger partial charge in [0.15, 0.2) is 0 Å². The van der Waals surface area contributed by atoms with Crippen molar-refractivity contribution in [2.24, 2.45) is 0 Å². The fourth-order valence-corrected chi connectivity index (χ4v) is 4.20. The Morgan fingerprint density at radius 1 is 1.15 bits per heavy atom. The fourth-order valence-electron chi connectivity index (χ4n) is 2.94. The SMILES string of the molecule is Cc1cccc(NC(C)c2cc3c(s2)CCCC3)c1C. The molecule has 1 aliphatic rings. The number of nitrogens with one attached hydrogen (secondary N) is 1. The quantitative estimate of drug-likeness (QED) is 0.794. The van der Waals surface area contributed by atoms with Crippen LogP contribution in [0.25, 0.3) is 0 Å². The van der Waals surface area contributed by atoms with E-state index in [2.05, 4.69) is 50.4 Å². The van der Waals surface area contributed by atoms with Gasteiger partial charge in [0.2, 0.25) is 0 Å². The first-order chi connectivity index (χ1) is 9.65. The van der Waals surface area contributed by atoms with Crippen molar-refractivity contribution in [3.05, 3.63) is 50.7 Å². The topological polar surface area (TPSA) is 12.0 Å². The van der Waals surface area contributed by atoms with Gasteiger partial charge in [0.25, 0.3) is 0 Å². The van der Waals surface area contributed by atoms with Gasteiger partial charge in [-0.3, -0.25) is 0 Å². The number of anilines is 1. The molecule has 1 aromatic heterocycles. The molecule has 1 atom stereocenters. The van der Waals surface area contributed by atoms with Crippen LogP contribution in [-0.4, -0.2) is 0 Å². The molecule has 0 amide bonds. The summed E-state index contributed by atoms with van der Waals surface area (Å²) in [5, 5.41) is 3.69. The van der Waals surface area contributed by atoms with E-state index in [1.54, 1.807) is 10.4 Å². The minimum atomic E-state index is 0.395. The van der Waals surface area contributed by atoms with Gasteiger partial charge in [0.05, 0.1) is 6.04 Å². The van der Waals surface area contributed by atoms with Crippen molar-refractivity contribution < 1.29 is 0 Å². The first kappa shape index (κ1) is 13.7. The van der Waals surface area contributed by atoms with Crippen LogP contribution in [0, 0.1) is 13.8 Å². The van der Waals surface area contributed by atoms with Crippen molar-refractivity contribution in [3.63, 3.8) is 0 Å². The number of fused-ring (bicyclic) bond motifs is 1. The first-order valence-corrected chi connectivity index (χ1v) is 8.41. The predicted octanol–water partition coefficient (Wildman–Crippen LogP) is 5.42. The normalized spacial score (nSPS) is 15.8. The van der Waals surface area contributed by atoms with Gasteiger partial charge in [0.1, 0.15) is 0 Å². The molecule has 1 aromatic carbocycles. The van der Waals surface area contributed by atoms with Crippen molar-refractivity contribution in [2.45, 2.75) is 52.5 Å². The lowest BCUT2D eigenvalue weighted by atomic mass is 9.99. The molecule has 20 heavy (non-hydrogen) atoms. The zero-order valence-corrected chi connectivity index (χ0v) is 13.4. The summed E-state index contributed by atoms with van der Waals surface area (Å²) < 4.78 is 0. The number of hydrogen-bond donors (Lipinski definition) is 1. The third-order valence-electron chi connectivity index (χ3n) is 4.42. The minimum Gasteiger partial charge on any atom is -0.377 e. The average molecular weight is 285 g/mol. The summed E-state index contributed by atoms with van der Waals surface area (Å²) in [7, 11) is 0. The van der Waals surface area contributed by atoms with E-state index in [0.717, 1.165) is 0 Å². The third-order valence-corrected chi connectivity index (χ3v) is 5.84. The van der Waals surface area contributed by atoms with Crippen molar-refractivity contribution in [3.8, 4) is 0 Å². The molecule has 0 saturated heterocycles. The Morgan fingerprint density at radius 2 is 1.95 bits per heavy atom. The summed E-state index contributed by atoms with van der Waals surface area (Å²) in [6.45, 7) is 6.65. The van der Waals surface area contributed by atoms with Gasteiger partial charge >= 0.3 is 0 Å². The molecular formula is C18H23NS. The van der Waals surface area contributed by atoms with Crippen molar-refractivity contribution in [1.29, 1.82) is 0 Å². The molecule has 1 aliphatic carbocycles. The second kappa shape index (κ2) is 5.61. The highest BCUT2D eigenvalue weighted by Crippen LogP contribution is 2.34. The maximum absolute atomic E-state index is 3.69. The Hall–Kier alpha value is -1.28. The van der Waals surface area contributed by atoms with E-state index in [1.165, 1.54) is 47.4 Å². The number of hydrogen-bond acceptors (Lipinski definition) is 2. The number of rotatable bonds is 3. The molecule has 2 aromatic rings. The van der Waals surface area contributed by atoms with Gasteiger partial charge in [-0.05, 0) is 75.3 Å². The summed E-state index contributed by atoms with van der Waals surface area (Å²) in [4.78, 5) is 3.11. The molecule has 2 heteroatoms. The van der Waals surface area contributed by atoms with E-state index in [9.17, 15) is 0 Å². The molecule has 1 heterocycles. The third kappa shape index (κ3) is 2.62. The Morgan fingerprint density at radius 3 is 2.75 bits per heavy atom.